The molecule has 1 rings (SSSR count). The zero-order chi connectivity index (χ0) is 12.9. The van der Waals surface area contributed by atoms with Gasteiger partial charge in [-0.2, -0.15) is 0 Å². The molecule has 0 saturated heterocycles. The fourth-order valence-electron chi connectivity index (χ4n) is 2.21. The standard InChI is InChI=1S/C13H26N2OS/c1-6-10(7-2)11-8-14-12(17-11)15-13(3,4)9-16-5/h10-11H,6-9H2,1-5H3,(H,14,15). The summed E-state index contributed by atoms with van der Waals surface area (Å²) in [5, 5.41) is 5.22. The molecular weight excluding hydrogens is 232 g/mol. The first-order valence-corrected chi connectivity index (χ1v) is 7.38. The summed E-state index contributed by atoms with van der Waals surface area (Å²) in [6.07, 6.45) is 2.50. The molecule has 17 heavy (non-hydrogen) atoms. The van der Waals surface area contributed by atoms with Crippen LogP contribution in [0.2, 0.25) is 0 Å². The van der Waals surface area contributed by atoms with Gasteiger partial charge in [-0.3, -0.25) is 4.99 Å². The zero-order valence-electron chi connectivity index (χ0n) is 11.7. The third-order valence-corrected chi connectivity index (χ3v) is 4.49. The Hall–Kier alpha value is -0.220. The first kappa shape index (κ1) is 14.8. The number of methoxy groups -OCH3 is 1. The number of nitrogens with one attached hydrogen (secondary N) is 1. The van der Waals surface area contributed by atoms with Crippen LogP contribution < -0.4 is 5.32 Å². The molecule has 3 nitrogen and oxygen atoms in total. The van der Waals surface area contributed by atoms with E-state index in [0.717, 1.165) is 17.6 Å². The van der Waals surface area contributed by atoms with Crippen molar-refractivity contribution in [3.63, 3.8) is 0 Å². The van der Waals surface area contributed by atoms with E-state index < -0.39 is 0 Å². The van der Waals surface area contributed by atoms with Crippen molar-refractivity contribution < 1.29 is 4.74 Å². The van der Waals surface area contributed by atoms with E-state index in [1.807, 2.05) is 11.8 Å². The molecule has 1 atom stereocenters. The summed E-state index contributed by atoms with van der Waals surface area (Å²) in [6.45, 7) is 10.5. The molecule has 0 aromatic carbocycles. The van der Waals surface area contributed by atoms with E-state index in [0.29, 0.717) is 11.9 Å². The van der Waals surface area contributed by atoms with Crippen molar-refractivity contribution in [1.82, 2.24) is 5.32 Å². The van der Waals surface area contributed by atoms with Gasteiger partial charge in [0.25, 0.3) is 0 Å². The minimum absolute atomic E-state index is 0.0383. The minimum Gasteiger partial charge on any atom is -0.382 e. The summed E-state index contributed by atoms with van der Waals surface area (Å²) in [4.78, 5) is 4.61. The molecule has 0 radical (unpaired) electrons. The number of hydrogen-bond acceptors (Lipinski definition) is 4. The fourth-order valence-corrected chi connectivity index (χ4v) is 3.70. The van der Waals surface area contributed by atoms with E-state index in [1.165, 1.54) is 12.8 Å². The van der Waals surface area contributed by atoms with Crippen LogP contribution in [-0.4, -0.2) is 36.2 Å². The summed E-state index contributed by atoms with van der Waals surface area (Å²) in [5.41, 5.74) is -0.0383. The topological polar surface area (TPSA) is 33.6 Å². The van der Waals surface area contributed by atoms with Crippen LogP contribution in [0.15, 0.2) is 4.99 Å². The van der Waals surface area contributed by atoms with Gasteiger partial charge in [-0.1, -0.05) is 38.5 Å². The molecule has 1 N–H and O–H groups in total. The number of thioether (sulfide) groups is 1. The molecule has 0 aromatic heterocycles. The maximum atomic E-state index is 5.21. The highest BCUT2D eigenvalue weighted by Crippen LogP contribution is 2.30. The van der Waals surface area contributed by atoms with Crippen molar-refractivity contribution in [2.24, 2.45) is 10.9 Å². The van der Waals surface area contributed by atoms with Gasteiger partial charge in [0.05, 0.1) is 18.7 Å². The van der Waals surface area contributed by atoms with Crippen LogP contribution in [-0.2, 0) is 4.74 Å². The second-order valence-corrected chi connectivity index (χ2v) is 6.55. The highest BCUT2D eigenvalue weighted by Gasteiger charge is 2.28. The van der Waals surface area contributed by atoms with Crippen LogP contribution in [0.5, 0.6) is 0 Å². The maximum Gasteiger partial charge on any atom is 0.157 e. The minimum atomic E-state index is -0.0383. The second kappa shape index (κ2) is 6.64. The lowest BCUT2D eigenvalue weighted by Crippen LogP contribution is -2.45. The van der Waals surface area contributed by atoms with Crippen LogP contribution >= 0.6 is 11.8 Å². The van der Waals surface area contributed by atoms with Gasteiger partial charge in [0.15, 0.2) is 5.17 Å². The number of aliphatic imine (C=N–C) groups is 1. The van der Waals surface area contributed by atoms with E-state index in [2.05, 4.69) is 38.0 Å². The van der Waals surface area contributed by atoms with Crippen LogP contribution in [0.3, 0.4) is 0 Å². The van der Waals surface area contributed by atoms with Crippen molar-refractivity contribution in [3.8, 4) is 0 Å². The molecule has 4 heteroatoms. The molecule has 0 fully saturated rings. The van der Waals surface area contributed by atoms with Gasteiger partial charge in [-0.25, -0.2) is 0 Å². The predicted octanol–water partition coefficient (Wildman–Crippen LogP) is 2.91. The zero-order valence-corrected chi connectivity index (χ0v) is 12.6. The number of rotatable bonds is 6. The quantitative estimate of drug-likeness (QED) is 0.795. The number of hydrogen-bond donors (Lipinski definition) is 1. The fraction of sp³-hybridized carbons (Fsp3) is 0.923. The normalized spacial score (nSPS) is 20.8. The average molecular weight is 258 g/mol. The highest BCUT2D eigenvalue weighted by atomic mass is 32.2. The van der Waals surface area contributed by atoms with Crippen LogP contribution in [0.25, 0.3) is 0 Å². The highest BCUT2D eigenvalue weighted by molar-refractivity contribution is 8.14. The number of nitrogens with zero attached hydrogens (tertiary/aromatic N) is 1. The Bertz CT molecular complexity index is 262. The Morgan fingerprint density at radius 3 is 2.65 bits per heavy atom. The molecule has 0 aliphatic carbocycles. The van der Waals surface area contributed by atoms with E-state index in [-0.39, 0.29) is 5.54 Å². The van der Waals surface area contributed by atoms with Crippen LogP contribution in [0.4, 0.5) is 0 Å². The Labute approximate surface area is 110 Å². The lowest BCUT2D eigenvalue weighted by atomic mass is 9.99. The lowest BCUT2D eigenvalue weighted by molar-refractivity contribution is 0.140. The largest absolute Gasteiger partial charge is 0.382 e. The van der Waals surface area contributed by atoms with Gasteiger partial charge in [0.2, 0.25) is 0 Å². The second-order valence-electron chi connectivity index (χ2n) is 5.32. The molecule has 1 aliphatic heterocycles. The van der Waals surface area contributed by atoms with Crippen molar-refractivity contribution in [1.29, 1.82) is 0 Å². The van der Waals surface area contributed by atoms with Gasteiger partial charge in [0.1, 0.15) is 0 Å². The first-order valence-electron chi connectivity index (χ1n) is 6.50. The van der Waals surface area contributed by atoms with Crippen LogP contribution in [0, 0.1) is 5.92 Å². The number of ether oxygens (including phenoxy) is 1. The summed E-state index contributed by atoms with van der Waals surface area (Å²) >= 11 is 1.90. The number of amidine groups is 1. The average Bonchev–Trinajstić information content (AvgIpc) is 2.67. The summed E-state index contributed by atoms with van der Waals surface area (Å²) in [6, 6.07) is 0. The monoisotopic (exact) mass is 258 g/mol. The Kier molecular flexibility index (Phi) is 5.80. The SMILES string of the molecule is CCC(CC)C1CN=C(NC(C)(C)COC)S1. The third kappa shape index (κ3) is 4.51. The van der Waals surface area contributed by atoms with E-state index in [9.17, 15) is 0 Å². The molecule has 0 bridgehead atoms. The molecule has 1 unspecified atom stereocenters. The van der Waals surface area contributed by atoms with E-state index >= 15 is 0 Å². The Morgan fingerprint density at radius 1 is 1.47 bits per heavy atom. The summed E-state index contributed by atoms with van der Waals surface area (Å²) < 4.78 is 5.21. The maximum absolute atomic E-state index is 5.21. The van der Waals surface area contributed by atoms with Crippen molar-refractivity contribution in [2.75, 3.05) is 20.3 Å². The lowest BCUT2D eigenvalue weighted by Gasteiger charge is -2.26. The van der Waals surface area contributed by atoms with Crippen molar-refractivity contribution in [2.45, 2.75) is 51.3 Å². The Morgan fingerprint density at radius 2 is 2.12 bits per heavy atom. The van der Waals surface area contributed by atoms with Gasteiger partial charge >= 0.3 is 0 Å². The molecule has 0 amide bonds. The van der Waals surface area contributed by atoms with Crippen molar-refractivity contribution >= 4 is 16.9 Å². The van der Waals surface area contributed by atoms with Gasteiger partial charge in [-0.05, 0) is 19.8 Å². The predicted molar refractivity (Wildman–Crippen MR) is 76.8 cm³/mol. The van der Waals surface area contributed by atoms with Crippen molar-refractivity contribution in [3.05, 3.63) is 0 Å². The molecule has 100 valence electrons. The van der Waals surface area contributed by atoms with Crippen LogP contribution in [0.1, 0.15) is 40.5 Å². The molecule has 0 spiro atoms. The van der Waals surface area contributed by atoms with Gasteiger partial charge in [-0.15, -0.1) is 0 Å². The van der Waals surface area contributed by atoms with Gasteiger partial charge in [0, 0.05) is 12.4 Å². The molecule has 1 heterocycles. The molecule has 1 aliphatic rings. The molecular formula is C13H26N2OS. The molecule has 0 saturated carbocycles. The Balaban J connectivity index is 2.44. The van der Waals surface area contributed by atoms with Gasteiger partial charge < -0.3 is 10.1 Å². The van der Waals surface area contributed by atoms with E-state index in [1.54, 1.807) is 7.11 Å². The smallest absolute Gasteiger partial charge is 0.157 e. The van der Waals surface area contributed by atoms with E-state index in [4.69, 9.17) is 4.74 Å². The molecule has 0 aromatic rings. The third-order valence-electron chi connectivity index (χ3n) is 3.20. The first-order chi connectivity index (χ1) is 8.02. The summed E-state index contributed by atoms with van der Waals surface area (Å²) in [5.74, 6) is 0.786. The summed E-state index contributed by atoms with van der Waals surface area (Å²) in [7, 11) is 1.74.